The summed E-state index contributed by atoms with van der Waals surface area (Å²) in [6.45, 7) is 8.36. The van der Waals surface area contributed by atoms with Gasteiger partial charge < -0.3 is 25.0 Å². The number of amides is 1. The predicted octanol–water partition coefficient (Wildman–Crippen LogP) is 1.21. The van der Waals surface area contributed by atoms with Gasteiger partial charge >= 0.3 is 14.8 Å². The molecular formula is C41H43B2N5O5+4. The number of nitrogens with zero attached hydrogens (tertiary/aromatic N) is 4. The number of carbonyl (C=O) groups is 1. The van der Waals surface area contributed by atoms with Gasteiger partial charge in [-0.3, -0.25) is 4.79 Å². The number of nitrogens with one attached hydrogen (secondary N) is 1. The van der Waals surface area contributed by atoms with E-state index in [0.717, 1.165) is 38.9 Å². The van der Waals surface area contributed by atoms with E-state index in [4.69, 9.17) is 9.68 Å². The van der Waals surface area contributed by atoms with Crippen molar-refractivity contribution in [3.63, 3.8) is 0 Å². The molecule has 4 aromatic heterocycles. The number of hydrogen-bond acceptors (Lipinski definition) is 5. The first-order chi connectivity index (χ1) is 25.7. The zero-order valence-corrected chi connectivity index (χ0v) is 29.8. The van der Waals surface area contributed by atoms with Crippen molar-refractivity contribution in [2.45, 2.75) is 39.6 Å². The molecule has 1 amide bonds. The van der Waals surface area contributed by atoms with Gasteiger partial charge in [0.1, 0.15) is 0 Å². The van der Waals surface area contributed by atoms with Crippen LogP contribution in [-0.4, -0.2) is 35.8 Å². The van der Waals surface area contributed by atoms with Gasteiger partial charge in [-0.05, 0) is 37.3 Å². The lowest BCUT2D eigenvalue weighted by Crippen LogP contribution is -2.42. The third kappa shape index (κ3) is 10.6. The summed E-state index contributed by atoms with van der Waals surface area (Å²) < 4.78 is 13.5. The van der Waals surface area contributed by atoms with Crippen molar-refractivity contribution in [3.8, 4) is 16.9 Å². The lowest BCUT2D eigenvalue weighted by Gasteiger charge is -2.08. The smallest absolute Gasteiger partial charge is 0.504 e. The van der Waals surface area contributed by atoms with E-state index < -0.39 is 7.12 Å². The van der Waals surface area contributed by atoms with Crippen molar-refractivity contribution < 1.29 is 42.8 Å². The van der Waals surface area contributed by atoms with E-state index in [2.05, 4.69) is 100 Å². The van der Waals surface area contributed by atoms with Gasteiger partial charge in [0.25, 0.3) is 0 Å². The number of pyridine rings is 4. The van der Waals surface area contributed by atoms with Crippen LogP contribution in [0.25, 0.3) is 11.1 Å². The van der Waals surface area contributed by atoms with Crippen LogP contribution in [0, 0.1) is 0 Å². The maximum Gasteiger partial charge on any atom is 0.504 e. The van der Waals surface area contributed by atoms with Crippen molar-refractivity contribution in [2.24, 2.45) is 0 Å². The zero-order valence-electron chi connectivity index (χ0n) is 29.8. The highest BCUT2D eigenvalue weighted by atomic mass is 16.5. The number of carbonyl (C=O) groups excluding carboxylic acids is 1. The monoisotopic (exact) mass is 707 g/mol. The first-order valence-electron chi connectivity index (χ1n) is 17.4. The quantitative estimate of drug-likeness (QED) is 0.0729. The first-order valence-corrected chi connectivity index (χ1v) is 17.4. The van der Waals surface area contributed by atoms with Gasteiger partial charge in [0, 0.05) is 63.6 Å². The third-order valence-corrected chi connectivity index (χ3v) is 8.69. The second-order valence-electron chi connectivity index (χ2n) is 13.1. The van der Waals surface area contributed by atoms with Crippen LogP contribution < -0.4 is 33.7 Å². The SMILES string of the molecule is C=C(C)C(=O)NCc1cc(-c2ccc[n+](Cc3cccc(C[n+]4cccc(OBO)c4)c3)c2)c[n+](Cc2cccc(C[n+]3cccc(B(O)O)c3)c2)c1. The molecule has 0 saturated carbocycles. The molecule has 0 bridgehead atoms. The van der Waals surface area contributed by atoms with Crippen LogP contribution in [0.3, 0.4) is 0 Å². The molecule has 0 aliphatic rings. The molecule has 4 heterocycles. The molecule has 0 spiro atoms. The minimum atomic E-state index is -1.52. The van der Waals surface area contributed by atoms with Gasteiger partial charge in [-0.2, -0.15) is 9.13 Å². The summed E-state index contributed by atoms with van der Waals surface area (Å²) >= 11 is 0. The van der Waals surface area contributed by atoms with E-state index in [1.54, 1.807) is 25.3 Å². The Balaban J connectivity index is 1.23. The highest BCUT2D eigenvalue weighted by Gasteiger charge is 2.17. The first kappa shape index (κ1) is 36.8. The maximum atomic E-state index is 12.4. The average molecular weight is 707 g/mol. The van der Waals surface area contributed by atoms with Crippen LogP contribution in [0.2, 0.25) is 0 Å². The summed E-state index contributed by atoms with van der Waals surface area (Å²) in [4.78, 5) is 12.4. The molecule has 0 aliphatic carbocycles. The summed E-state index contributed by atoms with van der Waals surface area (Å²) in [5, 5.41) is 31.3. The largest absolute Gasteiger partial charge is 0.535 e. The van der Waals surface area contributed by atoms with E-state index >= 15 is 0 Å². The molecule has 0 radical (unpaired) electrons. The normalized spacial score (nSPS) is 10.8. The molecule has 10 nitrogen and oxygen atoms in total. The van der Waals surface area contributed by atoms with Gasteiger partial charge in [-0.1, -0.05) is 49.0 Å². The van der Waals surface area contributed by atoms with Gasteiger partial charge in [0.15, 0.2) is 75.3 Å². The van der Waals surface area contributed by atoms with Crippen molar-refractivity contribution in [3.05, 3.63) is 181 Å². The highest BCUT2D eigenvalue weighted by Crippen LogP contribution is 2.18. The van der Waals surface area contributed by atoms with Gasteiger partial charge in [0.2, 0.25) is 12.1 Å². The Morgan fingerprint density at radius 1 is 0.679 bits per heavy atom. The van der Waals surface area contributed by atoms with Crippen LogP contribution in [0.1, 0.15) is 34.7 Å². The Bertz CT molecular complexity index is 2230. The molecule has 0 atom stereocenters. The molecule has 0 aliphatic heterocycles. The second-order valence-corrected chi connectivity index (χ2v) is 13.1. The van der Waals surface area contributed by atoms with Crippen LogP contribution >= 0.6 is 0 Å². The lowest BCUT2D eigenvalue weighted by atomic mass is 9.82. The van der Waals surface area contributed by atoms with E-state index in [1.165, 1.54) is 0 Å². The number of hydrogen-bond donors (Lipinski definition) is 4. The van der Waals surface area contributed by atoms with E-state index in [9.17, 15) is 14.8 Å². The molecule has 4 N–H and O–H groups in total. The van der Waals surface area contributed by atoms with Crippen LogP contribution in [0.4, 0.5) is 0 Å². The van der Waals surface area contributed by atoms with Crippen molar-refractivity contribution >= 4 is 26.2 Å². The summed E-state index contributed by atoms with van der Waals surface area (Å²) in [7, 11) is -1.89. The fourth-order valence-electron chi connectivity index (χ4n) is 6.22. The second kappa shape index (κ2) is 17.5. The highest BCUT2D eigenvalue weighted by molar-refractivity contribution is 6.58. The van der Waals surface area contributed by atoms with Crippen molar-refractivity contribution in [1.29, 1.82) is 0 Å². The lowest BCUT2D eigenvalue weighted by molar-refractivity contribution is -0.690. The van der Waals surface area contributed by atoms with Crippen LogP contribution in [0.5, 0.6) is 5.75 Å². The average Bonchev–Trinajstić information content (AvgIpc) is 3.14. The van der Waals surface area contributed by atoms with E-state index in [0.29, 0.717) is 49.5 Å². The topological polar surface area (TPSA) is 115 Å². The molecule has 2 aromatic carbocycles. The Kier molecular flexibility index (Phi) is 12.2. The van der Waals surface area contributed by atoms with Crippen molar-refractivity contribution in [1.82, 2.24) is 5.32 Å². The summed E-state index contributed by atoms with van der Waals surface area (Å²) in [5.41, 5.74) is 8.40. The Morgan fingerprint density at radius 3 is 1.83 bits per heavy atom. The minimum absolute atomic E-state index is 0.186. The molecule has 53 heavy (non-hydrogen) atoms. The maximum absolute atomic E-state index is 12.4. The zero-order chi connectivity index (χ0) is 37.2. The molecular weight excluding hydrogens is 664 g/mol. The minimum Gasteiger partial charge on any atom is -0.535 e. The molecule has 0 fully saturated rings. The van der Waals surface area contributed by atoms with Crippen LogP contribution in [0.15, 0.2) is 153 Å². The fraction of sp³-hybridized carbons (Fsp3) is 0.146. The van der Waals surface area contributed by atoms with E-state index in [-0.39, 0.29) is 13.6 Å². The van der Waals surface area contributed by atoms with Gasteiger partial charge in [0.05, 0.1) is 11.1 Å². The Hall–Kier alpha value is -5.94. The van der Waals surface area contributed by atoms with Gasteiger partial charge in [-0.25, -0.2) is 9.13 Å². The number of benzene rings is 2. The van der Waals surface area contributed by atoms with Gasteiger partial charge in [-0.15, -0.1) is 0 Å². The summed E-state index contributed by atoms with van der Waals surface area (Å²) in [6, 6.07) is 30.3. The molecule has 264 valence electrons. The number of aromatic nitrogens is 4. The third-order valence-electron chi connectivity index (χ3n) is 8.69. The molecule has 0 saturated heterocycles. The molecule has 12 heteroatoms. The Labute approximate surface area is 310 Å². The van der Waals surface area contributed by atoms with E-state index in [1.807, 2.05) is 52.0 Å². The Morgan fingerprint density at radius 2 is 1.23 bits per heavy atom. The fourth-order valence-corrected chi connectivity index (χ4v) is 6.22. The molecule has 6 aromatic rings. The summed E-state index contributed by atoms with van der Waals surface area (Å²) in [6.07, 6.45) is 15.9. The predicted molar refractivity (Wildman–Crippen MR) is 201 cm³/mol. The molecule has 6 rings (SSSR count). The van der Waals surface area contributed by atoms with Crippen LogP contribution in [-0.2, 0) is 37.5 Å². The standard InChI is InChI=1S/C41H42B2N5O5/c1-31(2)41(49)44-21-36-20-38(28-48(26-36)25-35-11-4-9-33(19-35)23-46-16-6-13-39(29-46)43(51)52)37-12-5-15-45(27-37)22-32-8-3-10-34(18-32)24-47-17-7-14-40(30-47)53-42-50/h3-20,26-30,42,50-52H,1,21-25H2,2H3/q+3/p+1. The summed E-state index contributed by atoms with van der Waals surface area (Å²) in [5.74, 6) is 0.423. The number of rotatable bonds is 15. The molecule has 0 unspecified atom stereocenters. The van der Waals surface area contributed by atoms with Crippen molar-refractivity contribution in [2.75, 3.05) is 0 Å².